The van der Waals surface area contributed by atoms with Crippen LogP contribution < -0.4 is 10.6 Å². The molecule has 2 amide bonds. The number of hydrogen-bond donors (Lipinski definition) is 2. The lowest BCUT2D eigenvalue weighted by Crippen LogP contribution is -2.33. The maximum Gasteiger partial charge on any atom is 0.246 e. The number of aromatic nitrogens is 1. The third kappa shape index (κ3) is 4.48. The molecule has 28 heavy (non-hydrogen) atoms. The van der Waals surface area contributed by atoms with Crippen molar-refractivity contribution in [1.82, 2.24) is 9.88 Å². The van der Waals surface area contributed by atoms with Crippen molar-refractivity contribution >= 4 is 40.7 Å². The SMILES string of the molecule is O=C1CCNc2cc(C=CC(=O)N3CC=C(Cc4cccs4)CC3)cnc2N1. The summed E-state index contributed by atoms with van der Waals surface area (Å²) >= 11 is 1.77. The summed E-state index contributed by atoms with van der Waals surface area (Å²) in [6, 6.07) is 6.12. The molecule has 2 aromatic heterocycles. The highest BCUT2D eigenvalue weighted by atomic mass is 32.1. The Morgan fingerprint density at radius 3 is 3.07 bits per heavy atom. The second-order valence-corrected chi connectivity index (χ2v) is 7.91. The van der Waals surface area contributed by atoms with E-state index in [1.54, 1.807) is 29.7 Å². The summed E-state index contributed by atoms with van der Waals surface area (Å²) in [5.41, 5.74) is 3.00. The minimum Gasteiger partial charge on any atom is -0.382 e. The van der Waals surface area contributed by atoms with E-state index in [-0.39, 0.29) is 11.8 Å². The number of thiophene rings is 1. The van der Waals surface area contributed by atoms with E-state index in [0.29, 0.717) is 25.3 Å². The Kier molecular flexibility index (Phi) is 5.53. The van der Waals surface area contributed by atoms with Crippen molar-refractivity contribution in [2.45, 2.75) is 19.3 Å². The zero-order valence-corrected chi connectivity index (χ0v) is 16.3. The average Bonchev–Trinajstić information content (AvgIpc) is 3.14. The highest BCUT2D eigenvalue weighted by Crippen LogP contribution is 2.23. The fourth-order valence-corrected chi connectivity index (χ4v) is 4.05. The molecule has 0 aromatic carbocycles. The van der Waals surface area contributed by atoms with Gasteiger partial charge in [0, 0.05) is 49.6 Å². The second-order valence-electron chi connectivity index (χ2n) is 6.88. The third-order valence-electron chi connectivity index (χ3n) is 4.85. The van der Waals surface area contributed by atoms with Crippen LogP contribution in [0.1, 0.15) is 23.3 Å². The number of anilines is 2. The van der Waals surface area contributed by atoms with Gasteiger partial charge in [-0.3, -0.25) is 9.59 Å². The largest absolute Gasteiger partial charge is 0.382 e. The molecular formula is C21H22N4O2S. The predicted octanol–water partition coefficient (Wildman–Crippen LogP) is 3.31. The van der Waals surface area contributed by atoms with Crippen LogP contribution >= 0.6 is 11.3 Å². The van der Waals surface area contributed by atoms with Gasteiger partial charge in [0.15, 0.2) is 5.82 Å². The average molecular weight is 395 g/mol. The van der Waals surface area contributed by atoms with Crippen LogP contribution in [0.5, 0.6) is 0 Å². The molecule has 2 aromatic rings. The smallest absolute Gasteiger partial charge is 0.246 e. The number of rotatable bonds is 4. The lowest BCUT2D eigenvalue weighted by Gasteiger charge is -2.25. The second kappa shape index (κ2) is 8.39. The van der Waals surface area contributed by atoms with E-state index >= 15 is 0 Å². The fourth-order valence-electron chi connectivity index (χ4n) is 3.29. The van der Waals surface area contributed by atoms with Gasteiger partial charge >= 0.3 is 0 Å². The Morgan fingerprint density at radius 2 is 2.29 bits per heavy atom. The predicted molar refractivity (Wildman–Crippen MR) is 112 cm³/mol. The van der Waals surface area contributed by atoms with Crippen molar-refractivity contribution in [3.05, 3.63) is 57.9 Å². The maximum atomic E-state index is 12.5. The monoisotopic (exact) mass is 394 g/mol. The number of nitrogens with zero attached hydrogens (tertiary/aromatic N) is 2. The molecule has 0 radical (unpaired) electrons. The molecule has 4 rings (SSSR count). The van der Waals surface area contributed by atoms with Crippen molar-refractivity contribution in [3.8, 4) is 0 Å². The first-order chi connectivity index (χ1) is 13.7. The summed E-state index contributed by atoms with van der Waals surface area (Å²) in [6.45, 7) is 1.97. The highest BCUT2D eigenvalue weighted by Gasteiger charge is 2.16. The van der Waals surface area contributed by atoms with E-state index in [2.05, 4.69) is 39.2 Å². The maximum absolute atomic E-state index is 12.5. The zero-order valence-electron chi connectivity index (χ0n) is 15.5. The molecule has 0 saturated carbocycles. The van der Waals surface area contributed by atoms with E-state index in [9.17, 15) is 9.59 Å². The van der Waals surface area contributed by atoms with E-state index in [0.717, 1.165) is 30.6 Å². The Morgan fingerprint density at radius 1 is 1.36 bits per heavy atom. The Hall–Kier alpha value is -2.93. The molecule has 0 atom stereocenters. The molecular weight excluding hydrogens is 372 g/mol. The van der Waals surface area contributed by atoms with Gasteiger partial charge in [0.1, 0.15) is 0 Å². The van der Waals surface area contributed by atoms with Gasteiger partial charge in [-0.25, -0.2) is 4.98 Å². The van der Waals surface area contributed by atoms with Crippen molar-refractivity contribution in [3.63, 3.8) is 0 Å². The quantitative estimate of drug-likeness (QED) is 0.616. The van der Waals surface area contributed by atoms with E-state index in [4.69, 9.17) is 0 Å². The van der Waals surface area contributed by atoms with Gasteiger partial charge < -0.3 is 15.5 Å². The third-order valence-corrected chi connectivity index (χ3v) is 5.73. The summed E-state index contributed by atoms with van der Waals surface area (Å²) < 4.78 is 0. The molecule has 6 nitrogen and oxygen atoms in total. The van der Waals surface area contributed by atoms with Crippen LogP contribution in [0.15, 0.2) is 47.5 Å². The van der Waals surface area contributed by atoms with Crippen LogP contribution in [-0.2, 0) is 16.0 Å². The molecule has 0 fully saturated rings. The Balaban J connectivity index is 1.36. The van der Waals surface area contributed by atoms with Crippen LogP contribution in [0, 0.1) is 0 Å². The number of carbonyl (C=O) groups excluding carboxylic acids is 2. The standard InChI is InChI=1S/C21H22N4O2S/c26-19-5-8-22-18-13-16(14-23-21(18)24-19)3-4-20(27)25-9-6-15(7-10-25)12-17-2-1-11-28-17/h1-4,6,11,13-14,22H,5,7-10,12H2,(H,23,24,26). The zero-order chi connectivity index (χ0) is 19.3. The molecule has 0 saturated heterocycles. The Bertz CT molecular complexity index is 934. The lowest BCUT2D eigenvalue weighted by molar-refractivity contribution is -0.125. The Labute approximate surface area is 168 Å². The minimum absolute atomic E-state index is 0.00243. The molecule has 0 aliphatic carbocycles. The molecule has 2 N–H and O–H groups in total. The highest BCUT2D eigenvalue weighted by molar-refractivity contribution is 7.09. The van der Waals surface area contributed by atoms with Gasteiger partial charge in [-0.15, -0.1) is 11.3 Å². The van der Waals surface area contributed by atoms with Gasteiger partial charge in [0.2, 0.25) is 11.8 Å². The molecule has 4 heterocycles. The van der Waals surface area contributed by atoms with Gasteiger partial charge in [-0.2, -0.15) is 0 Å². The van der Waals surface area contributed by atoms with Crippen molar-refractivity contribution in [2.24, 2.45) is 0 Å². The molecule has 0 bridgehead atoms. The van der Waals surface area contributed by atoms with Gasteiger partial charge in [-0.1, -0.05) is 17.7 Å². The molecule has 0 unspecified atom stereocenters. The number of carbonyl (C=O) groups is 2. The van der Waals surface area contributed by atoms with Crippen LogP contribution in [0.3, 0.4) is 0 Å². The lowest BCUT2D eigenvalue weighted by atomic mass is 10.0. The van der Waals surface area contributed by atoms with E-state index < -0.39 is 0 Å². The van der Waals surface area contributed by atoms with Gasteiger partial charge in [0.05, 0.1) is 5.69 Å². The topological polar surface area (TPSA) is 74.3 Å². The van der Waals surface area contributed by atoms with E-state index in [1.807, 2.05) is 11.0 Å². The molecule has 2 aliphatic rings. The minimum atomic E-state index is -0.0474. The molecule has 0 spiro atoms. The number of fused-ring (bicyclic) bond motifs is 1. The normalized spacial score (nSPS) is 16.8. The van der Waals surface area contributed by atoms with Crippen LogP contribution in [0.2, 0.25) is 0 Å². The number of hydrogen-bond acceptors (Lipinski definition) is 5. The first-order valence-corrected chi connectivity index (χ1v) is 10.3. The van der Waals surface area contributed by atoms with Gasteiger partial charge in [0.25, 0.3) is 0 Å². The van der Waals surface area contributed by atoms with E-state index in [1.165, 1.54) is 10.5 Å². The van der Waals surface area contributed by atoms with Crippen molar-refractivity contribution in [1.29, 1.82) is 0 Å². The molecule has 7 heteroatoms. The van der Waals surface area contributed by atoms with Gasteiger partial charge in [-0.05, 0) is 35.6 Å². The summed E-state index contributed by atoms with van der Waals surface area (Å²) in [5, 5.41) is 8.05. The summed E-state index contributed by atoms with van der Waals surface area (Å²) in [4.78, 5) is 31.6. The van der Waals surface area contributed by atoms with Crippen LogP contribution in [-0.4, -0.2) is 41.3 Å². The number of nitrogens with one attached hydrogen (secondary N) is 2. The number of pyridine rings is 1. The van der Waals surface area contributed by atoms with Crippen LogP contribution in [0.4, 0.5) is 11.5 Å². The van der Waals surface area contributed by atoms with Crippen molar-refractivity contribution in [2.75, 3.05) is 30.3 Å². The summed E-state index contributed by atoms with van der Waals surface area (Å²) in [7, 11) is 0. The number of amides is 2. The van der Waals surface area contributed by atoms with Crippen molar-refractivity contribution < 1.29 is 9.59 Å². The first-order valence-electron chi connectivity index (χ1n) is 9.38. The molecule has 144 valence electrons. The molecule has 2 aliphatic heterocycles. The fraction of sp³-hybridized carbons (Fsp3) is 0.286. The first kappa shape index (κ1) is 18.4. The van der Waals surface area contributed by atoms with Crippen LogP contribution in [0.25, 0.3) is 6.08 Å². The summed E-state index contributed by atoms with van der Waals surface area (Å²) in [6.07, 6.45) is 9.51. The summed E-state index contributed by atoms with van der Waals surface area (Å²) in [5.74, 6) is 0.488.